The number of aliphatic hydroxyl groups excluding tert-OH is 1. The molecule has 6 heavy (non-hydrogen) atoms. The van der Waals surface area contributed by atoms with E-state index < -0.39 is 0 Å². The van der Waals surface area contributed by atoms with Crippen LogP contribution in [0.1, 0.15) is 6.42 Å². The third-order valence-corrected chi connectivity index (χ3v) is 0.247. The molecule has 0 rings (SSSR count). The molecule has 0 aromatic heterocycles. The van der Waals surface area contributed by atoms with Gasteiger partial charge in [-0.05, 0) is 0 Å². The maximum Gasteiger partial charge on any atom is 0.122 e. The van der Waals surface area contributed by atoms with Gasteiger partial charge in [0.25, 0.3) is 0 Å². The van der Waals surface area contributed by atoms with Gasteiger partial charge in [0.15, 0.2) is 0 Å². The van der Waals surface area contributed by atoms with Crippen molar-refractivity contribution >= 4 is 6.29 Å². The van der Waals surface area contributed by atoms with E-state index in [0.29, 0.717) is 6.29 Å². The van der Waals surface area contributed by atoms with Crippen LogP contribution in [0.2, 0.25) is 0 Å². The molecule has 0 saturated carbocycles. The number of rotatable bonds is 2. The predicted molar refractivity (Wildman–Crippen MR) is 17.8 cm³/mol. The Morgan fingerprint density at radius 3 is 2.17 bits per heavy atom. The summed E-state index contributed by atoms with van der Waals surface area (Å²) < 4.78 is 0. The molecule has 0 aliphatic carbocycles. The first-order chi connectivity index (χ1) is 2.41. The van der Waals surface area contributed by atoms with Crippen molar-refractivity contribution in [2.75, 3.05) is 6.61 Å². The van der Waals surface area contributed by atoms with Crippen LogP contribution in [0.25, 0.3) is 0 Å². The van der Waals surface area contributed by atoms with Crippen molar-refractivity contribution in [1.82, 2.24) is 0 Å². The minimum Gasteiger partial charge on any atom is -0.396 e. The van der Waals surface area contributed by atoms with Crippen molar-refractivity contribution in [2.24, 2.45) is 0 Å². The Morgan fingerprint density at radius 2 is 2.17 bits per heavy atom. The van der Waals surface area contributed by atoms with Crippen LogP contribution < -0.4 is 0 Å². The average Bonchev–Trinajstić information content (AvgIpc) is 1.41. The summed E-state index contributed by atoms with van der Waals surface area (Å²) >= 11 is 0. The summed E-state index contributed by atoms with van der Waals surface area (Å²) in [5.74, 6) is 0. The standard InChI is InChI=1S/C3H6O2.Fe/c4-2-1-3-5;/h2,5H,1,3H2;. The number of hydrogen-bond acceptors (Lipinski definition) is 2. The Labute approximate surface area is 47.0 Å². The Bertz CT molecular complexity index is 30.0. The van der Waals surface area contributed by atoms with E-state index in [2.05, 4.69) is 0 Å². The van der Waals surface area contributed by atoms with Gasteiger partial charge in [0.05, 0.1) is 0 Å². The van der Waals surface area contributed by atoms with Crippen LogP contribution >= 0.6 is 0 Å². The first kappa shape index (κ1) is 9.47. The molecule has 3 heteroatoms. The maximum absolute atomic E-state index is 9.24. The summed E-state index contributed by atoms with van der Waals surface area (Å²) in [6.45, 7) is -0.0243. The maximum atomic E-state index is 9.24. The number of aliphatic hydroxyl groups is 1. The van der Waals surface area contributed by atoms with Crippen molar-refractivity contribution in [3.05, 3.63) is 0 Å². The van der Waals surface area contributed by atoms with E-state index in [9.17, 15) is 4.79 Å². The van der Waals surface area contributed by atoms with Crippen molar-refractivity contribution in [1.29, 1.82) is 0 Å². The SMILES string of the molecule is O=CCCO.[Fe]. The molecule has 0 saturated heterocycles. The molecule has 38 valence electrons. The summed E-state index contributed by atoms with van der Waals surface area (Å²) in [6.07, 6.45) is 0.944. The van der Waals surface area contributed by atoms with E-state index in [4.69, 9.17) is 5.11 Å². The van der Waals surface area contributed by atoms with Crippen molar-refractivity contribution in [3.63, 3.8) is 0 Å². The summed E-state index contributed by atoms with van der Waals surface area (Å²) in [4.78, 5) is 9.24. The summed E-state index contributed by atoms with van der Waals surface area (Å²) in [6, 6.07) is 0. The fraction of sp³-hybridized carbons (Fsp3) is 0.667. The summed E-state index contributed by atoms with van der Waals surface area (Å²) in [5, 5.41) is 7.84. The number of hydrogen-bond donors (Lipinski definition) is 1. The van der Waals surface area contributed by atoms with Crippen LogP contribution in [-0.2, 0) is 21.9 Å². The number of aldehydes is 1. The topological polar surface area (TPSA) is 37.3 Å². The van der Waals surface area contributed by atoms with Crippen LogP contribution in [0.15, 0.2) is 0 Å². The predicted octanol–water partition coefficient (Wildman–Crippen LogP) is -0.435. The van der Waals surface area contributed by atoms with E-state index in [-0.39, 0.29) is 30.1 Å². The van der Waals surface area contributed by atoms with Crippen molar-refractivity contribution in [2.45, 2.75) is 6.42 Å². The first-order valence-electron chi connectivity index (χ1n) is 1.46. The molecule has 0 aromatic carbocycles. The molecule has 1 N–H and O–H groups in total. The Hall–Kier alpha value is 0.149. The molecule has 0 bridgehead atoms. The third kappa shape index (κ3) is 8.91. The van der Waals surface area contributed by atoms with E-state index in [1.54, 1.807) is 0 Å². The van der Waals surface area contributed by atoms with Gasteiger partial charge < -0.3 is 9.90 Å². The summed E-state index contributed by atoms with van der Waals surface area (Å²) in [7, 11) is 0. The molecular weight excluding hydrogens is 124 g/mol. The fourth-order valence-corrected chi connectivity index (χ4v) is 0.0527. The fourth-order valence-electron chi connectivity index (χ4n) is 0.0527. The third-order valence-electron chi connectivity index (χ3n) is 0.247. The second kappa shape index (κ2) is 8.94. The second-order valence-corrected chi connectivity index (χ2v) is 0.679. The van der Waals surface area contributed by atoms with Gasteiger partial charge in [-0.2, -0.15) is 0 Å². The van der Waals surface area contributed by atoms with Crippen molar-refractivity contribution < 1.29 is 27.0 Å². The number of carbonyl (C=O) groups is 1. The molecule has 2 nitrogen and oxygen atoms in total. The smallest absolute Gasteiger partial charge is 0.122 e. The summed E-state index contributed by atoms with van der Waals surface area (Å²) in [5.41, 5.74) is 0. The van der Waals surface area contributed by atoms with Crippen molar-refractivity contribution in [3.8, 4) is 0 Å². The zero-order chi connectivity index (χ0) is 4.12. The van der Waals surface area contributed by atoms with Crippen LogP contribution in [-0.4, -0.2) is 18.0 Å². The van der Waals surface area contributed by atoms with Gasteiger partial charge in [-0.15, -0.1) is 0 Å². The zero-order valence-electron chi connectivity index (χ0n) is 3.20. The minimum atomic E-state index is -0.0243. The van der Waals surface area contributed by atoms with Crippen LogP contribution in [0.3, 0.4) is 0 Å². The van der Waals surface area contributed by atoms with Crippen LogP contribution in [0.4, 0.5) is 0 Å². The molecule has 0 amide bonds. The van der Waals surface area contributed by atoms with E-state index in [1.165, 1.54) is 0 Å². The van der Waals surface area contributed by atoms with Gasteiger partial charge in [-0.1, -0.05) is 0 Å². The van der Waals surface area contributed by atoms with Gasteiger partial charge in [0, 0.05) is 30.1 Å². The average molecular weight is 130 g/mol. The largest absolute Gasteiger partial charge is 0.396 e. The van der Waals surface area contributed by atoms with Crippen LogP contribution in [0.5, 0.6) is 0 Å². The first-order valence-corrected chi connectivity index (χ1v) is 1.46. The molecule has 0 aliphatic rings. The molecular formula is C3H6FeO2. The van der Waals surface area contributed by atoms with E-state index in [1.807, 2.05) is 0 Å². The Balaban J connectivity index is 0. The van der Waals surface area contributed by atoms with Gasteiger partial charge in [0.2, 0.25) is 0 Å². The zero-order valence-corrected chi connectivity index (χ0v) is 4.30. The van der Waals surface area contributed by atoms with Gasteiger partial charge in [0.1, 0.15) is 6.29 Å². The Kier molecular flexibility index (Phi) is 14.1. The molecule has 0 atom stereocenters. The van der Waals surface area contributed by atoms with Gasteiger partial charge in [-0.25, -0.2) is 0 Å². The van der Waals surface area contributed by atoms with Gasteiger partial charge in [-0.3, -0.25) is 0 Å². The molecule has 0 spiro atoms. The molecule has 0 heterocycles. The van der Waals surface area contributed by atoms with E-state index in [0.717, 1.165) is 0 Å². The van der Waals surface area contributed by atoms with E-state index >= 15 is 0 Å². The molecule has 0 aromatic rings. The van der Waals surface area contributed by atoms with Crippen LogP contribution in [0, 0.1) is 0 Å². The number of carbonyl (C=O) groups excluding carboxylic acids is 1. The minimum absolute atomic E-state index is 0. The molecule has 0 radical (unpaired) electrons. The molecule has 0 aliphatic heterocycles. The second-order valence-electron chi connectivity index (χ2n) is 0.679. The Morgan fingerprint density at radius 1 is 1.67 bits per heavy atom. The normalized spacial score (nSPS) is 6.17. The molecule has 0 unspecified atom stereocenters. The monoisotopic (exact) mass is 130 g/mol. The molecule has 0 fully saturated rings. The van der Waals surface area contributed by atoms with Gasteiger partial charge >= 0.3 is 0 Å². The quantitative estimate of drug-likeness (QED) is 0.406.